The zero-order valence-electron chi connectivity index (χ0n) is 14.2. The lowest BCUT2D eigenvalue weighted by molar-refractivity contribution is 0.0170. The van der Waals surface area contributed by atoms with E-state index in [9.17, 15) is 5.11 Å². The number of aliphatic hydroxyl groups is 1. The quantitative estimate of drug-likeness (QED) is 0.744. The summed E-state index contributed by atoms with van der Waals surface area (Å²) in [5, 5.41) is 10.8. The predicted molar refractivity (Wildman–Crippen MR) is 90.6 cm³/mol. The zero-order chi connectivity index (χ0) is 14.9. The summed E-state index contributed by atoms with van der Waals surface area (Å²) in [5.41, 5.74) is 0. The Morgan fingerprint density at radius 1 is 0.667 bits per heavy atom. The molecule has 0 spiro atoms. The highest BCUT2D eigenvalue weighted by Crippen LogP contribution is 2.26. The maximum atomic E-state index is 10.8. The summed E-state index contributed by atoms with van der Waals surface area (Å²) in [6, 6.07) is 1.09. The first-order chi connectivity index (χ1) is 10.3. The van der Waals surface area contributed by atoms with Gasteiger partial charge in [0, 0.05) is 12.1 Å². The summed E-state index contributed by atoms with van der Waals surface area (Å²) in [6.07, 6.45) is 18.4. The van der Waals surface area contributed by atoms with E-state index in [4.69, 9.17) is 0 Å². The topological polar surface area (TPSA) is 23.5 Å². The molecule has 0 bridgehead atoms. The molecule has 0 radical (unpaired) electrons. The lowest BCUT2D eigenvalue weighted by Crippen LogP contribution is -2.48. The van der Waals surface area contributed by atoms with Crippen molar-refractivity contribution >= 4 is 0 Å². The van der Waals surface area contributed by atoms with E-state index in [1.165, 1.54) is 90.0 Å². The molecule has 0 aromatic carbocycles. The normalized spacial score (nSPS) is 35.4. The second kappa shape index (κ2) is 9.84. The molecule has 2 nitrogen and oxygen atoms in total. The molecular weight excluding hydrogens is 258 g/mol. The van der Waals surface area contributed by atoms with Crippen molar-refractivity contribution in [3.05, 3.63) is 0 Å². The molecule has 0 amide bonds. The first-order valence-corrected chi connectivity index (χ1v) is 9.73. The van der Waals surface area contributed by atoms with Gasteiger partial charge in [0.2, 0.25) is 0 Å². The van der Waals surface area contributed by atoms with Crippen LogP contribution in [0.3, 0.4) is 0 Å². The first-order valence-electron chi connectivity index (χ1n) is 9.73. The van der Waals surface area contributed by atoms with Crippen molar-refractivity contribution in [1.82, 2.24) is 4.90 Å². The molecular formula is C19H37NO. The van der Waals surface area contributed by atoms with E-state index in [2.05, 4.69) is 11.8 Å². The number of hydrogen-bond acceptors (Lipinski definition) is 2. The molecule has 1 saturated carbocycles. The van der Waals surface area contributed by atoms with Crippen LogP contribution in [0, 0.1) is 0 Å². The molecule has 0 aromatic heterocycles. The van der Waals surface area contributed by atoms with Crippen LogP contribution in [-0.4, -0.2) is 34.7 Å². The van der Waals surface area contributed by atoms with Gasteiger partial charge in [-0.05, 0) is 39.2 Å². The molecule has 3 unspecified atom stereocenters. The minimum Gasteiger partial charge on any atom is -0.391 e. The monoisotopic (exact) mass is 295 g/mol. The number of hydrogen-bond donors (Lipinski definition) is 1. The van der Waals surface area contributed by atoms with Gasteiger partial charge in [0.05, 0.1) is 6.10 Å². The largest absolute Gasteiger partial charge is 0.391 e. The molecule has 1 aliphatic heterocycles. The van der Waals surface area contributed by atoms with Crippen molar-refractivity contribution in [1.29, 1.82) is 0 Å². The number of rotatable bonds is 1. The molecule has 124 valence electrons. The Hall–Kier alpha value is -0.0800. The van der Waals surface area contributed by atoms with Crippen LogP contribution in [-0.2, 0) is 0 Å². The van der Waals surface area contributed by atoms with Crippen molar-refractivity contribution in [2.75, 3.05) is 6.54 Å². The third-order valence-electron chi connectivity index (χ3n) is 5.72. The Kier molecular flexibility index (Phi) is 8.10. The third kappa shape index (κ3) is 5.90. The third-order valence-corrected chi connectivity index (χ3v) is 5.72. The van der Waals surface area contributed by atoms with E-state index < -0.39 is 0 Å². The van der Waals surface area contributed by atoms with Crippen molar-refractivity contribution < 1.29 is 5.11 Å². The van der Waals surface area contributed by atoms with E-state index in [-0.39, 0.29) is 6.10 Å². The van der Waals surface area contributed by atoms with Crippen molar-refractivity contribution in [2.45, 2.75) is 115 Å². The predicted octanol–water partition coefficient (Wildman–Crippen LogP) is 4.90. The van der Waals surface area contributed by atoms with Crippen LogP contribution in [0.15, 0.2) is 0 Å². The summed E-state index contributed by atoms with van der Waals surface area (Å²) in [4.78, 5) is 2.67. The molecule has 21 heavy (non-hydrogen) atoms. The van der Waals surface area contributed by atoms with Crippen molar-refractivity contribution in [3.8, 4) is 0 Å². The molecule has 1 N–H and O–H groups in total. The van der Waals surface area contributed by atoms with Crippen LogP contribution in [0.5, 0.6) is 0 Å². The van der Waals surface area contributed by atoms with Gasteiger partial charge < -0.3 is 5.11 Å². The van der Waals surface area contributed by atoms with Gasteiger partial charge >= 0.3 is 0 Å². The fourth-order valence-corrected chi connectivity index (χ4v) is 4.33. The number of likely N-dealkylation sites (tertiary alicyclic amines) is 1. The fraction of sp³-hybridized carbons (Fsp3) is 1.00. The van der Waals surface area contributed by atoms with Crippen LogP contribution in [0.1, 0.15) is 96.8 Å². The highest BCUT2D eigenvalue weighted by molar-refractivity contribution is 4.84. The van der Waals surface area contributed by atoms with Crippen LogP contribution in [0.4, 0.5) is 0 Å². The molecule has 1 saturated heterocycles. The second-order valence-electron chi connectivity index (χ2n) is 7.48. The maximum Gasteiger partial charge on any atom is 0.0695 e. The standard InChI is InChI=1S/C19H37NO/c1-17-13-9-8-12-16-20(17)18-14-10-6-4-2-3-5-7-11-15-19(18)21/h17-19,21H,2-16H2,1H3. The van der Waals surface area contributed by atoms with Gasteiger partial charge in [0.15, 0.2) is 0 Å². The van der Waals surface area contributed by atoms with Crippen LogP contribution >= 0.6 is 0 Å². The summed E-state index contributed by atoms with van der Waals surface area (Å²) >= 11 is 0. The Bertz CT molecular complexity index is 268. The zero-order valence-corrected chi connectivity index (χ0v) is 14.2. The van der Waals surface area contributed by atoms with E-state index in [1.54, 1.807) is 0 Å². The van der Waals surface area contributed by atoms with E-state index in [0.29, 0.717) is 12.1 Å². The van der Waals surface area contributed by atoms with Crippen molar-refractivity contribution in [3.63, 3.8) is 0 Å². The van der Waals surface area contributed by atoms with E-state index in [1.807, 2.05) is 0 Å². The molecule has 2 rings (SSSR count). The Morgan fingerprint density at radius 3 is 1.90 bits per heavy atom. The minimum atomic E-state index is -0.0926. The summed E-state index contributed by atoms with van der Waals surface area (Å²) in [6.45, 7) is 3.59. The van der Waals surface area contributed by atoms with Gasteiger partial charge in [-0.1, -0.05) is 64.2 Å². The van der Waals surface area contributed by atoms with Crippen LogP contribution in [0.25, 0.3) is 0 Å². The fourth-order valence-electron chi connectivity index (χ4n) is 4.33. The summed E-state index contributed by atoms with van der Waals surface area (Å²) in [5.74, 6) is 0. The van der Waals surface area contributed by atoms with Gasteiger partial charge in [-0.25, -0.2) is 0 Å². The van der Waals surface area contributed by atoms with Gasteiger partial charge in [0.25, 0.3) is 0 Å². The molecule has 2 aliphatic rings. The number of nitrogens with zero attached hydrogens (tertiary/aromatic N) is 1. The average molecular weight is 296 g/mol. The van der Waals surface area contributed by atoms with Gasteiger partial charge in [-0.2, -0.15) is 0 Å². The lowest BCUT2D eigenvalue weighted by atomic mass is 9.93. The first kappa shape index (κ1) is 17.3. The van der Waals surface area contributed by atoms with E-state index in [0.717, 1.165) is 6.42 Å². The Balaban J connectivity index is 1.96. The van der Waals surface area contributed by atoms with Gasteiger partial charge in [0.1, 0.15) is 0 Å². The highest BCUT2D eigenvalue weighted by atomic mass is 16.3. The molecule has 2 fully saturated rings. The average Bonchev–Trinajstić information content (AvgIpc) is 2.68. The molecule has 0 aromatic rings. The van der Waals surface area contributed by atoms with Gasteiger partial charge in [-0.15, -0.1) is 0 Å². The van der Waals surface area contributed by atoms with E-state index >= 15 is 0 Å². The number of aliphatic hydroxyl groups excluding tert-OH is 1. The molecule has 2 heteroatoms. The Morgan fingerprint density at radius 2 is 1.19 bits per heavy atom. The van der Waals surface area contributed by atoms with Crippen LogP contribution < -0.4 is 0 Å². The summed E-state index contributed by atoms with van der Waals surface area (Å²) < 4.78 is 0. The molecule has 3 atom stereocenters. The van der Waals surface area contributed by atoms with Gasteiger partial charge in [-0.3, -0.25) is 4.90 Å². The lowest BCUT2D eigenvalue weighted by Gasteiger charge is -2.38. The maximum absolute atomic E-state index is 10.8. The highest BCUT2D eigenvalue weighted by Gasteiger charge is 2.29. The minimum absolute atomic E-state index is 0.0926. The summed E-state index contributed by atoms with van der Waals surface area (Å²) in [7, 11) is 0. The molecule has 1 heterocycles. The molecule has 1 aliphatic carbocycles. The van der Waals surface area contributed by atoms with Crippen LogP contribution in [0.2, 0.25) is 0 Å². The van der Waals surface area contributed by atoms with Crippen molar-refractivity contribution in [2.24, 2.45) is 0 Å². The Labute approximate surface area is 132 Å². The smallest absolute Gasteiger partial charge is 0.0695 e. The second-order valence-corrected chi connectivity index (χ2v) is 7.48. The SMILES string of the molecule is CC1CCCCCN1C1CCCCCCCCCCC1O.